The van der Waals surface area contributed by atoms with E-state index in [2.05, 4.69) is 4.98 Å². The van der Waals surface area contributed by atoms with E-state index in [1.54, 1.807) is 6.07 Å². The highest BCUT2D eigenvalue weighted by Gasteiger charge is 2.18. The Balaban J connectivity index is 1.79. The Hall–Kier alpha value is -1.75. The van der Waals surface area contributed by atoms with E-state index >= 15 is 0 Å². The van der Waals surface area contributed by atoms with Crippen LogP contribution in [0.2, 0.25) is 5.02 Å². The number of hydrogen-bond acceptors (Lipinski definition) is 3. The molecular formula is C14H17ClN4O. The van der Waals surface area contributed by atoms with Crippen molar-refractivity contribution in [2.24, 2.45) is 0 Å². The first-order chi connectivity index (χ1) is 9.66. The molecule has 0 unspecified atom stereocenters. The van der Waals surface area contributed by atoms with Gasteiger partial charge in [0.1, 0.15) is 5.52 Å². The van der Waals surface area contributed by atoms with Crippen LogP contribution in [0.5, 0.6) is 0 Å². The van der Waals surface area contributed by atoms with Crippen molar-refractivity contribution in [3.8, 4) is 0 Å². The van der Waals surface area contributed by atoms with Crippen molar-refractivity contribution >= 4 is 34.5 Å². The van der Waals surface area contributed by atoms with Crippen molar-refractivity contribution in [2.45, 2.75) is 25.8 Å². The number of halogens is 1. The summed E-state index contributed by atoms with van der Waals surface area (Å²) in [6, 6.07) is 5.57. The molecule has 1 aliphatic heterocycles. The number of imidazole rings is 1. The molecule has 106 valence electrons. The van der Waals surface area contributed by atoms with Crippen LogP contribution in [0.1, 0.15) is 19.3 Å². The lowest BCUT2D eigenvalue weighted by Crippen LogP contribution is -2.28. The van der Waals surface area contributed by atoms with E-state index < -0.39 is 0 Å². The van der Waals surface area contributed by atoms with Crippen LogP contribution in [0.25, 0.3) is 11.0 Å². The van der Waals surface area contributed by atoms with E-state index in [-0.39, 0.29) is 5.91 Å². The lowest BCUT2D eigenvalue weighted by molar-refractivity contribution is -0.130. The monoisotopic (exact) mass is 292 g/mol. The molecule has 0 atom stereocenters. The van der Waals surface area contributed by atoms with Crippen LogP contribution in [-0.4, -0.2) is 33.4 Å². The highest BCUT2D eigenvalue weighted by molar-refractivity contribution is 6.35. The fraction of sp³-hybridized carbons (Fsp3) is 0.429. The maximum absolute atomic E-state index is 12.1. The van der Waals surface area contributed by atoms with Gasteiger partial charge in [-0.15, -0.1) is 0 Å². The summed E-state index contributed by atoms with van der Waals surface area (Å²) in [5, 5.41) is 0.582. The number of carbonyl (C=O) groups excluding carboxylic acids is 1. The fourth-order valence-electron chi connectivity index (χ4n) is 2.70. The van der Waals surface area contributed by atoms with Crippen molar-refractivity contribution in [2.75, 3.05) is 18.8 Å². The van der Waals surface area contributed by atoms with Gasteiger partial charge in [0.2, 0.25) is 11.9 Å². The summed E-state index contributed by atoms with van der Waals surface area (Å²) >= 11 is 6.10. The number of aromatic nitrogens is 2. The molecule has 0 aliphatic carbocycles. The number of aryl methyl sites for hydroxylation is 1. The van der Waals surface area contributed by atoms with Gasteiger partial charge < -0.3 is 15.2 Å². The number of para-hydroxylation sites is 1. The van der Waals surface area contributed by atoms with Crippen LogP contribution in [0, 0.1) is 0 Å². The predicted molar refractivity (Wildman–Crippen MR) is 79.6 cm³/mol. The highest BCUT2D eigenvalue weighted by atomic mass is 35.5. The third-order valence-electron chi connectivity index (χ3n) is 3.77. The second-order valence-corrected chi connectivity index (χ2v) is 5.47. The molecule has 0 radical (unpaired) electrons. The molecule has 2 N–H and O–H groups in total. The zero-order valence-corrected chi connectivity index (χ0v) is 11.9. The molecule has 0 spiro atoms. The number of fused-ring (bicyclic) bond motifs is 1. The summed E-state index contributed by atoms with van der Waals surface area (Å²) in [7, 11) is 0. The largest absolute Gasteiger partial charge is 0.369 e. The summed E-state index contributed by atoms with van der Waals surface area (Å²) in [6.45, 7) is 2.30. The lowest BCUT2D eigenvalue weighted by Gasteiger charge is -2.15. The highest BCUT2D eigenvalue weighted by Crippen LogP contribution is 2.25. The van der Waals surface area contributed by atoms with Crippen LogP contribution >= 0.6 is 11.6 Å². The minimum absolute atomic E-state index is 0.186. The van der Waals surface area contributed by atoms with Gasteiger partial charge in [0.15, 0.2) is 0 Å². The Morgan fingerprint density at radius 1 is 1.35 bits per heavy atom. The van der Waals surface area contributed by atoms with Gasteiger partial charge in [0.25, 0.3) is 0 Å². The number of nitrogens with zero attached hydrogens (tertiary/aromatic N) is 3. The predicted octanol–water partition coefficient (Wildman–Crippen LogP) is 2.28. The topological polar surface area (TPSA) is 64.1 Å². The summed E-state index contributed by atoms with van der Waals surface area (Å²) < 4.78 is 1.86. The first-order valence-corrected chi connectivity index (χ1v) is 7.22. The van der Waals surface area contributed by atoms with Crippen molar-refractivity contribution in [3.05, 3.63) is 23.2 Å². The average Bonchev–Trinajstić information content (AvgIpc) is 3.05. The first-order valence-electron chi connectivity index (χ1n) is 6.85. The third-order valence-corrected chi connectivity index (χ3v) is 4.07. The third kappa shape index (κ3) is 2.33. The molecule has 1 aliphatic rings. The normalized spacial score (nSPS) is 15.2. The number of likely N-dealkylation sites (tertiary alicyclic amines) is 1. The molecule has 3 rings (SSSR count). The molecule has 5 nitrogen and oxygen atoms in total. The van der Waals surface area contributed by atoms with Crippen LogP contribution < -0.4 is 5.73 Å². The molecule has 1 saturated heterocycles. The Labute approximate surface area is 122 Å². The molecule has 1 aromatic carbocycles. The van der Waals surface area contributed by atoms with Crippen LogP contribution in [0.3, 0.4) is 0 Å². The number of benzene rings is 1. The van der Waals surface area contributed by atoms with E-state index in [4.69, 9.17) is 17.3 Å². The average molecular weight is 293 g/mol. The maximum atomic E-state index is 12.1. The molecular weight excluding hydrogens is 276 g/mol. The van der Waals surface area contributed by atoms with Crippen LogP contribution in [0.4, 0.5) is 5.95 Å². The SMILES string of the molecule is Nc1nc2c(Cl)cccc2n1CCC(=O)N1CCCC1. The zero-order valence-electron chi connectivity index (χ0n) is 11.2. The standard InChI is InChI=1S/C14H17ClN4O/c15-10-4-3-5-11-13(10)17-14(16)19(11)9-6-12(20)18-7-1-2-8-18/h3-5H,1-2,6-9H2,(H2,16,17). The summed E-state index contributed by atoms with van der Waals surface area (Å²) in [6.07, 6.45) is 2.66. The van der Waals surface area contributed by atoms with Gasteiger partial charge in [-0.05, 0) is 25.0 Å². The van der Waals surface area contributed by atoms with Gasteiger partial charge in [0, 0.05) is 26.1 Å². The van der Waals surface area contributed by atoms with Crippen LogP contribution in [0.15, 0.2) is 18.2 Å². The Morgan fingerprint density at radius 3 is 2.85 bits per heavy atom. The van der Waals surface area contributed by atoms with Crippen molar-refractivity contribution in [3.63, 3.8) is 0 Å². The van der Waals surface area contributed by atoms with Gasteiger partial charge in [-0.1, -0.05) is 17.7 Å². The van der Waals surface area contributed by atoms with E-state index in [0.29, 0.717) is 29.5 Å². The van der Waals surface area contributed by atoms with Crippen molar-refractivity contribution in [1.82, 2.24) is 14.5 Å². The number of nitrogen functional groups attached to an aromatic ring is 1. The van der Waals surface area contributed by atoms with Gasteiger partial charge >= 0.3 is 0 Å². The quantitative estimate of drug-likeness (QED) is 0.944. The number of rotatable bonds is 3. The maximum Gasteiger partial charge on any atom is 0.224 e. The van der Waals surface area contributed by atoms with E-state index in [1.807, 2.05) is 21.6 Å². The Bertz CT molecular complexity index is 646. The molecule has 1 aromatic heterocycles. The minimum atomic E-state index is 0.186. The molecule has 1 amide bonds. The zero-order chi connectivity index (χ0) is 14.1. The Morgan fingerprint density at radius 2 is 2.10 bits per heavy atom. The van der Waals surface area contributed by atoms with Gasteiger partial charge in [0.05, 0.1) is 10.5 Å². The van der Waals surface area contributed by atoms with E-state index in [1.165, 1.54) is 0 Å². The molecule has 0 saturated carbocycles. The minimum Gasteiger partial charge on any atom is -0.369 e. The molecule has 2 heterocycles. The second kappa shape index (κ2) is 5.32. The number of nitrogens with two attached hydrogens (primary N) is 1. The summed E-state index contributed by atoms with van der Waals surface area (Å²) in [5.74, 6) is 0.591. The summed E-state index contributed by atoms with van der Waals surface area (Å²) in [5.41, 5.74) is 7.50. The number of carbonyl (C=O) groups is 1. The van der Waals surface area contributed by atoms with E-state index in [9.17, 15) is 4.79 Å². The molecule has 20 heavy (non-hydrogen) atoms. The fourth-order valence-corrected chi connectivity index (χ4v) is 2.91. The lowest BCUT2D eigenvalue weighted by atomic mass is 10.3. The van der Waals surface area contributed by atoms with Crippen LogP contribution in [-0.2, 0) is 11.3 Å². The van der Waals surface area contributed by atoms with Gasteiger partial charge in [-0.25, -0.2) is 4.98 Å². The Kier molecular flexibility index (Phi) is 3.53. The summed E-state index contributed by atoms with van der Waals surface area (Å²) in [4.78, 5) is 18.3. The van der Waals surface area contributed by atoms with Crippen molar-refractivity contribution in [1.29, 1.82) is 0 Å². The van der Waals surface area contributed by atoms with Crippen molar-refractivity contribution < 1.29 is 4.79 Å². The van der Waals surface area contributed by atoms with Gasteiger partial charge in [-0.3, -0.25) is 4.79 Å². The van der Waals surface area contributed by atoms with Gasteiger partial charge in [-0.2, -0.15) is 0 Å². The molecule has 6 heteroatoms. The number of anilines is 1. The number of hydrogen-bond donors (Lipinski definition) is 1. The smallest absolute Gasteiger partial charge is 0.224 e. The van der Waals surface area contributed by atoms with E-state index in [0.717, 1.165) is 31.4 Å². The number of amides is 1. The molecule has 0 bridgehead atoms. The second-order valence-electron chi connectivity index (χ2n) is 5.07. The first kappa shape index (κ1) is 13.2. The molecule has 2 aromatic rings. The molecule has 1 fully saturated rings.